The van der Waals surface area contributed by atoms with E-state index in [2.05, 4.69) is 10.4 Å². The van der Waals surface area contributed by atoms with Gasteiger partial charge in [-0.15, -0.1) is 0 Å². The summed E-state index contributed by atoms with van der Waals surface area (Å²) in [6.45, 7) is 2.19. The van der Waals surface area contributed by atoms with E-state index in [4.69, 9.17) is 9.47 Å². The van der Waals surface area contributed by atoms with E-state index in [1.807, 2.05) is 12.3 Å². The molecule has 0 spiro atoms. The average molecular weight is 243 g/mol. The van der Waals surface area contributed by atoms with Gasteiger partial charge < -0.3 is 19.9 Å². The highest BCUT2D eigenvalue weighted by atomic mass is 16.5. The molecule has 0 radical (unpaired) electrons. The van der Waals surface area contributed by atoms with Crippen LogP contribution >= 0.6 is 0 Å². The van der Waals surface area contributed by atoms with Crippen molar-refractivity contribution >= 4 is 0 Å². The van der Waals surface area contributed by atoms with Crippen LogP contribution in [0, 0.1) is 0 Å². The number of methoxy groups -OCH3 is 2. The number of hydrogen-bond donors (Lipinski definition) is 2. The molecule has 6 nitrogen and oxygen atoms in total. The molecule has 1 rings (SSSR count). The first-order valence-electron chi connectivity index (χ1n) is 5.64. The van der Waals surface area contributed by atoms with Gasteiger partial charge in [-0.05, 0) is 6.07 Å². The summed E-state index contributed by atoms with van der Waals surface area (Å²) in [6, 6.07) is 1.83. The lowest BCUT2D eigenvalue weighted by atomic mass is 10.3. The maximum Gasteiger partial charge on any atom is 0.0928 e. The molecule has 1 aromatic heterocycles. The maximum atomic E-state index is 9.74. The lowest BCUT2D eigenvalue weighted by molar-refractivity contribution is 0.0266. The van der Waals surface area contributed by atoms with Gasteiger partial charge in [0.1, 0.15) is 0 Å². The molecule has 0 fully saturated rings. The monoisotopic (exact) mass is 243 g/mol. The number of rotatable bonds is 9. The molecule has 0 saturated carbocycles. The normalized spacial score (nSPS) is 14.8. The lowest BCUT2D eigenvalue weighted by Crippen LogP contribution is -2.37. The van der Waals surface area contributed by atoms with Gasteiger partial charge in [-0.2, -0.15) is 5.10 Å². The molecular weight excluding hydrogens is 222 g/mol. The molecule has 2 unspecified atom stereocenters. The van der Waals surface area contributed by atoms with Crippen molar-refractivity contribution in [2.45, 2.75) is 18.8 Å². The summed E-state index contributed by atoms with van der Waals surface area (Å²) >= 11 is 0. The van der Waals surface area contributed by atoms with E-state index in [-0.39, 0.29) is 6.10 Å². The Hall–Kier alpha value is -0.950. The van der Waals surface area contributed by atoms with Crippen molar-refractivity contribution in [3.8, 4) is 0 Å². The van der Waals surface area contributed by atoms with Crippen molar-refractivity contribution in [2.24, 2.45) is 0 Å². The molecule has 0 aliphatic rings. The Kier molecular flexibility index (Phi) is 6.80. The number of aromatic nitrogens is 2. The molecule has 6 heteroatoms. The van der Waals surface area contributed by atoms with Gasteiger partial charge >= 0.3 is 0 Å². The van der Waals surface area contributed by atoms with Crippen molar-refractivity contribution in [3.63, 3.8) is 0 Å². The highest BCUT2D eigenvalue weighted by Gasteiger charge is 2.09. The fourth-order valence-electron chi connectivity index (χ4n) is 1.50. The van der Waals surface area contributed by atoms with Crippen molar-refractivity contribution in [1.29, 1.82) is 0 Å². The molecule has 1 aromatic rings. The van der Waals surface area contributed by atoms with Gasteiger partial charge in [-0.25, -0.2) is 0 Å². The molecule has 0 aliphatic heterocycles. The second kappa shape index (κ2) is 8.19. The van der Waals surface area contributed by atoms with Crippen molar-refractivity contribution < 1.29 is 14.6 Å². The molecule has 0 amide bonds. The quantitative estimate of drug-likeness (QED) is 0.612. The number of nitrogens with zero attached hydrogens (tertiary/aromatic N) is 2. The SMILES string of the molecule is COCC(CNCC(O)Cn1cccn1)OC. The van der Waals surface area contributed by atoms with Crippen molar-refractivity contribution in [1.82, 2.24) is 15.1 Å². The van der Waals surface area contributed by atoms with E-state index >= 15 is 0 Å². The van der Waals surface area contributed by atoms with E-state index in [1.54, 1.807) is 25.1 Å². The fourth-order valence-corrected chi connectivity index (χ4v) is 1.50. The predicted molar refractivity (Wildman–Crippen MR) is 63.8 cm³/mol. The van der Waals surface area contributed by atoms with Crippen molar-refractivity contribution in [2.75, 3.05) is 33.9 Å². The molecule has 0 aromatic carbocycles. The molecule has 17 heavy (non-hydrogen) atoms. The Morgan fingerprint density at radius 3 is 2.82 bits per heavy atom. The van der Waals surface area contributed by atoms with Gasteiger partial charge in [0.05, 0.1) is 25.4 Å². The first-order chi connectivity index (χ1) is 8.26. The highest BCUT2D eigenvalue weighted by molar-refractivity contribution is 4.78. The molecule has 2 atom stereocenters. The van der Waals surface area contributed by atoms with Crippen LogP contribution in [0.1, 0.15) is 0 Å². The van der Waals surface area contributed by atoms with E-state index in [9.17, 15) is 5.11 Å². The summed E-state index contributed by atoms with van der Waals surface area (Å²) in [5.74, 6) is 0. The van der Waals surface area contributed by atoms with Crippen LogP contribution in [-0.4, -0.2) is 61.0 Å². The molecule has 98 valence electrons. The van der Waals surface area contributed by atoms with Crippen LogP contribution in [0.25, 0.3) is 0 Å². The van der Waals surface area contributed by atoms with E-state index in [0.717, 1.165) is 0 Å². The van der Waals surface area contributed by atoms with E-state index in [1.165, 1.54) is 0 Å². The zero-order valence-corrected chi connectivity index (χ0v) is 10.4. The minimum absolute atomic E-state index is 0.0110. The van der Waals surface area contributed by atoms with Crippen LogP contribution < -0.4 is 5.32 Å². The van der Waals surface area contributed by atoms with Gasteiger partial charge in [0.15, 0.2) is 0 Å². The second-order valence-corrected chi connectivity index (χ2v) is 3.85. The molecular formula is C11H21N3O3. The Morgan fingerprint density at radius 2 is 2.24 bits per heavy atom. The molecule has 0 bridgehead atoms. The minimum atomic E-state index is -0.463. The molecule has 0 aliphatic carbocycles. The summed E-state index contributed by atoms with van der Waals surface area (Å²) in [5, 5.41) is 16.9. The first kappa shape index (κ1) is 14.1. The Balaban J connectivity index is 2.13. The lowest BCUT2D eigenvalue weighted by Gasteiger charge is -2.17. The summed E-state index contributed by atoms with van der Waals surface area (Å²) < 4.78 is 11.9. The zero-order chi connectivity index (χ0) is 12.5. The Bertz CT molecular complexity index is 279. The smallest absolute Gasteiger partial charge is 0.0928 e. The molecule has 1 heterocycles. The average Bonchev–Trinajstić information content (AvgIpc) is 2.80. The number of ether oxygens (including phenoxy) is 2. The van der Waals surface area contributed by atoms with Gasteiger partial charge in [-0.1, -0.05) is 0 Å². The fraction of sp³-hybridized carbons (Fsp3) is 0.727. The zero-order valence-electron chi connectivity index (χ0n) is 10.4. The molecule has 2 N–H and O–H groups in total. The highest BCUT2D eigenvalue weighted by Crippen LogP contribution is 1.92. The number of hydrogen-bond acceptors (Lipinski definition) is 5. The Labute approximate surface area is 102 Å². The van der Waals surface area contributed by atoms with Gasteiger partial charge in [0, 0.05) is 39.7 Å². The summed E-state index contributed by atoms with van der Waals surface area (Å²) in [7, 11) is 3.28. The maximum absolute atomic E-state index is 9.74. The standard InChI is InChI=1S/C11H21N3O3/c1-16-9-11(17-2)7-12-6-10(15)8-14-5-3-4-13-14/h3-5,10-12,15H,6-9H2,1-2H3. The summed E-state index contributed by atoms with van der Waals surface area (Å²) in [4.78, 5) is 0. The van der Waals surface area contributed by atoms with Crippen LogP contribution in [0.5, 0.6) is 0 Å². The summed E-state index contributed by atoms with van der Waals surface area (Å²) in [6.07, 6.45) is 3.07. The second-order valence-electron chi connectivity index (χ2n) is 3.85. The first-order valence-corrected chi connectivity index (χ1v) is 5.64. The van der Waals surface area contributed by atoms with Crippen LogP contribution in [0.15, 0.2) is 18.5 Å². The van der Waals surface area contributed by atoms with Crippen LogP contribution in [-0.2, 0) is 16.0 Å². The minimum Gasteiger partial charge on any atom is -0.390 e. The third-order valence-corrected chi connectivity index (χ3v) is 2.39. The van der Waals surface area contributed by atoms with Crippen LogP contribution in [0.3, 0.4) is 0 Å². The number of nitrogens with one attached hydrogen (secondary N) is 1. The molecule has 0 saturated heterocycles. The summed E-state index contributed by atoms with van der Waals surface area (Å²) in [5.41, 5.74) is 0. The van der Waals surface area contributed by atoms with Gasteiger partial charge in [0.25, 0.3) is 0 Å². The third-order valence-electron chi connectivity index (χ3n) is 2.39. The van der Waals surface area contributed by atoms with Gasteiger partial charge in [0.2, 0.25) is 0 Å². The predicted octanol–water partition coefficient (Wildman–Crippen LogP) is -0.505. The third kappa shape index (κ3) is 5.78. The number of aliphatic hydroxyl groups is 1. The van der Waals surface area contributed by atoms with Crippen LogP contribution in [0.4, 0.5) is 0 Å². The van der Waals surface area contributed by atoms with Crippen LogP contribution in [0.2, 0.25) is 0 Å². The van der Waals surface area contributed by atoms with Gasteiger partial charge in [-0.3, -0.25) is 4.68 Å². The van der Waals surface area contributed by atoms with E-state index < -0.39 is 6.10 Å². The topological polar surface area (TPSA) is 68.5 Å². The Morgan fingerprint density at radius 1 is 1.41 bits per heavy atom. The largest absolute Gasteiger partial charge is 0.390 e. The number of aliphatic hydroxyl groups excluding tert-OH is 1. The van der Waals surface area contributed by atoms with E-state index in [0.29, 0.717) is 26.2 Å². The van der Waals surface area contributed by atoms with Crippen molar-refractivity contribution in [3.05, 3.63) is 18.5 Å².